The summed E-state index contributed by atoms with van der Waals surface area (Å²) >= 11 is 12.6. The maximum Gasteiger partial charge on any atom is 0.261 e. The number of para-hydroxylation sites is 2. The molecule has 4 heterocycles. The highest BCUT2D eigenvalue weighted by Gasteiger charge is 2.38. The van der Waals surface area contributed by atoms with E-state index in [0.717, 1.165) is 78.2 Å². The number of ether oxygens (including phenoxy) is 9. The van der Waals surface area contributed by atoms with Crippen molar-refractivity contribution in [3.63, 3.8) is 0 Å². The van der Waals surface area contributed by atoms with Gasteiger partial charge in [0.05, 0.1) is 115 Å². The molecule has 2 amide bonds. The molecular weight excluding hydrogens is 1380 g/mol. The Morgan fingerprint density at radius 3 is 1.41 bits per heavy atom. The Labute approximate surface area is 611 Å². The molecule has 0 saturated carbocycles. The van der Waals surface area contributed by atoms with E-state index in [1.54, 1.807) is 61.4 Å². The van der Waals surface area contributed by atoms with Crippen LogP contribution in [0.5, 0.6) is 23.0 Å². The molecule has 0 saturated heterocycles. The number of nitrogens with zero attached hydrogens (tertiary/aromatic N) is 6. The smallest absolute Gasteiger partial charge is 0.261 e. The van der Waals surface area contributed by atoms with Crippen molar-refractivity contribution >= 4 is 125 Å². The normalized spacial score (nSPS) is 14.9. The lowest BCUT2D eigenvalue weighted by molar-refractivity contribution is 0.0264. The van der Waals surface area contributed by atoms with Gasteiger partial charge in [0.2, 0.25) is 0 Å². The largest absolute Gasteiger partial charge is 0.504 e. The van der Waals surface area contributed by atoms with Crippen molar-refractivity contribution < 1.29 is 57.3 Å². The lowest BCUT2D eigenvalue weighted by atomic mass is 10.1. The Hall–Kier alpha value is -5.86. The number of amides is 2. The Morgan fingerprint density at radius 2 is 0.960 bits per heavy atom. The zero-order chi connectivity index (χ0) is 70.9. The molecule has 536 valence electrons. The van der Waals surface area contributed by atoms with Gasteiger partial charge in [-0.15, -0.1) is 23.2 Å². The van der Waals surface area contributed by atoms with Gasteiger partial charge < -0.3 is 57.5 Å². The van der Waals surface area contributed by atoms with Crippen molar-refractivity contribution in [1.82, 2.24) is 0 Å². The van der Waals surface area contributed by atoms with Crippen LogP contribution in [0.3, 0.4) is 0 Å². The van der Waals surface area contributed by atoms with E-state index in [4.69, 9.17) is 70.8 Å². The van der Waals surface area contributed by atoms with E-state index in [0.29, 0.717) is 118 Å². The molecule has 18 nitrogen and oxygen atoms in total. The molecule has 0 bridgehead atoms. The fraction of sp³-hybridized carbons (Fsp3) is 0.467. The van der Waals surface area contributed by atoms with Crippen molar-refractivity contribution in [2.45, 2.75) is 93.8 Å². The number of alkyl halides is 2. The van der Waals surface area contributed by atoms with Crippen molar-refractivity contribution in [2.24, 2.45) is 9.98 Å². The third-order valence-electron chi connectivity index (χ3n) is 16.6. The Balaban J connectivity index is 0.000000210. The number of aryl methyl sites for hydroxylation is 1. The van der Waals surface area contributed by atoms with Crippen LogP contribution in [-0.4, -0.2) is 184 Å². The number of methoxy groups -OCH3 is 4. The van der Waals surface area contributed by atoms with E-state index in [1.165, 1.54) is 30.0 Å². The molecule has 4 aliphatic heterocycles. The molecule has 0 radical (unpaired) electrons. The molecule has 6 aromatic carbocycles. The van der Waals surface area contributed by atoms with Gasteiger partial charge in [-0.05, 0) is 129 Å². The fourth-order valence-corrected chi connectivity index (χ4v) is 16.7. The second-order valence-corrected chi connectivity index (χ2v) is 31.7. The summed E-state index contributed by atoms with van der Waals surface area (Å²) in [5, 5.41) is 9.88. The number of carbonyl (C=O) groups excluding carboxylic acids is 2. The highest BCUT2D eigenvalue weighted by molar-refractivity contribution is 8.77. The predicted molar refractivity (Wildman–Crippen MR) is 413 cm³/mol. The number of fused-ring (bicyclic) bond motifs is 8. The summed E-state index contributed by atoms with van der Waals surface area (Å²) in [6, 6.07) is 35.3. The average molecular weight is 1470 g/mol. The Kier molecular flexibility index (Phi) is 31.5. The average Bonchev–Trinajstić information content (AvgIpc) is 1.63. The van der Waals surface area contributed by atoms with E-state index < -0.39 is 0 Å². The summed E-state index contributed by atoms with van der Waals surface area (Å²) in [5.41, 5.74) is 12.8. The van der Waals surface area contributed by atoms with Crippen molar-refractivity contribution in [1.29, 1.82) is 0 Å². The minimum Gasteiger partial charge on any atom is -0.504 e. The minimum atomic E-state index is -0.133. The second-order valence-electron chi connectivity index (χ2n) is 25.0. The first-order valence-corrected chi connectivity index (χ1v) is 39.4. The first kappa shape index (κ1) is 78.9. The van der Waals surface area contributed by atoms with Gasteiger partial charge in [0.1, 0.15) is 6.61 Å². The van der Waals surface area contributed by atoms with Gasteiger partial charge in [0.15, 0.2) is 23.0 Å². The standard InChI is InChI=1S/C37H46ClN3O6S2.C21H36ClNO3S2.C17H14N2O3/c1-37(2,49-48-5)25-40(10-11-45-14-15-46-13-12-43-3)29-17-26(22-38)16-27(18-29)24-47-35-21-32-31(20-34(35)44-4)36(42)41-30(23-39-32)19-28-8-6-7-9-33(28)41;1-6-18-13-19(16-22)15-20(14-18)23(17-21(2,3)28-27-5)7-8-25-11-12-26-10-9-24-4;1-22-16-7-12-13(8-15(16)20)18-9-11-6-10-4-2-3-5-14(10)19(11)17(12)21/h6-9,16-18,20-21,23,30H,10-15,19,22,24-25H2,1-5H3;13-15H,6-12,16-17H2,1-5H3;2-5,7-9,11,20H,6H2,1H3/t30-;;11-/m0.0/s1. The number of aromatic hydroxyl groups is 1. The first-order valence-electron chi connectivity index (χ1n) is 33.2. The van der Waals surface area contributed by atoms with Crippen LogP contribution in [0.25, 0.3) is 0 Å². The van der Waals surface area contributed by atoms with Gasteiger partial charge in [-0.1, -0.05) is 98.6 Å². The topological polar surface area (TPSA) is 175 Å². The number of anilines is 4. The molecule has 0 aliphatic carbocycles. The Bertz CT molecular complexity index is 3640. The van der Waals surface area contributed by atoms with Crippen molar-refractivity contribution in [3.8, 4) is 23.0 Å². The number of phenols is 1. The number of aliphatic imine (C=N–C) groups is 2. The van der Waals surface area contributed by atoms with E-state index in [9.17, 15) is 14.7 Å². The zero-order valence-corrected chi connectivity index (χ0v) is 63.6. The monoisotopic (exact) mass is 1470 g/mol. The van der Waals surface area contributed by atoms with E-state index in [1.807, 2.05) is 86.0 Å². The molecular formula is C75H96Cl2N6O12S4. The maximum absolute atomic E-state index is 13.8. The summed E-state index contributed by atoms with van der Waals surface area (Å²) in [6.07, 6.45) is 10.4. The lowest BCUT2D eigenvalue weighted by Gasteiger charge is -2.34. The van der Waals surface area contributed by atoms with Gasteiger partial charge in [0.25, 0.3) is 11.8 Å². The predicted octanol–water partition coefficient (Wildman–Crippen LogP) is 15.5. The number of phenolic OH excluding ortho intramolecular Hbond substituents is 1. The number of benzene rings is 6. The van der Waals surface area contributed by atoms with Gasteiger partial charge >= 0.3 is 0 Å². The third-order valence-corrected chi connectivity index (χ3v) is 22.4. The quantitative estimate of drug-likeness (QED) is 0.0223. The highest BCUT2D eigenvalue weighted by Crippen LogP contribution is 2.44. The van der Waals surface area contributed by atoms with Crippen LogP contribution in [0, 0.1) is 0 Å². The summed E-state index contributed by atoms with van der Waals surface area (Å²) < 4.78 is 50.1. The molecule has 24 heteroatoms. The molecule has 4 aliphatic rings. The number of rotatable bonds is 36. The summed E-state index contributed by atoms with van der Waals surface area (Å²) in [7, 11) is 13.7. The van der Waals surface area contributed by atoms with Gasteiger partial charge in [-0.2, -0.15) is 0 Å². The van der Waals surface area contributed by atoms with Crippen LogP contribution in [0.4, 0.5) is 34.1 Å². The highest BCUT2D eigenvalue weighted by atomic mass is 35.5. The van der Waals surface area contributed by atoms with Crippen LogP contribution in [0.2, 0.25) is 0 Å². The molecule has 0 fully saturated rings. The fourth-order valence-electron chi connectivity index (χ4n) is 12.0. The molecule has 10 rings (SSSR count). The van der Waals surface area contributed by atoms with Crippen molar-refractivity contribution in [3.05, 3.63) is 154 Å². The minimum absolute atomic E-state index is 0.0133. The van der Waals surface area contributed by atoms with Crippen LogP contribution in [-0.2, 0) is 66.1 Å². The molecule has 99 heavy (non-hydrogen) atoms. The Morgan fingerprint density at radius 1 is 0.535 bits per heavy atom. The van der Waals surface area contributed by atoms with Crippen LogP contribution in [0.1, 0.15) is 88.7 Å². The second kappa shape index (κ2) is 39.5. The molecule has 6 aromatic rings. The molecule has 0 spiro atoms. The summed E-state index contributed by atoms with van der Waals surface area (Å²) in [6.45, 7) is 20.7. The van der Waals surface area contributed by atoms with E-state index >= 15 is 0 Å². The molecule has 0 unspecified atom stereocenters. The van der Waals surface area contributed by atoms with E-state index in [-0.39, 0.29) is 51.5 Å². The van der Waals surface area contributed by atoms with Crippen LogP contribution < -0.4 is 33.8 Å². The van der Waals surface area contributed by atoms with E-state index in [2.05, 4.69) is 104 Å². The first-order chi connectivity index (χ1) is 47.9. The zero-order valence-electron chi connectivity index (χ0n) is 58.9. The molecule has 2 atom stereocenters. The lowest BCUT2D eigenvalue weighted by Crippen LogP contribution is -2.38. The third kappa shape index (κ3) is 22.3. The van der Waals surface area contributed by atoms with Crippen LogP contribution >= 0.6 is 66.4 Å². The number of halogens is 2. The number of carbonyl (C=O) groups is 2. The van der Waals surface area contributed by atoms with Crippen molar-refractivity contribution in [2.75, 3.05) is 153 Å². The van der Waals surface area contributed by atoms with Gasteiger partial charge in [-0.3, -0.25) is 29.4 Å². The van der Waals surface area contributed by atoms with Gasteiger partial charge in [-0.25, -0.2) is 0 Å². The van der Waals surface area contributed by atoms with Crippen LogP contribution in [0.15, 0.2) is 119 Å². The number of hydrogen-bond acceptors (Lipinski definition) is 20. The molecule has 0 aromatic heterocycles. The van der Waals surface area contributed by atoms with Gasteiger partial charge in [0, 0.05) is 122 Å². The summed E-state index contributed by atoms with van der Waals surface area (Å²) in [5.74, 6) is 1.92. The summed E-state index contributed by atoms with van der Waals surface area (Å²) in [4.78, 5) is 44.3. The molecule has 1 N–H and O–H groups in total. The SMILES string of the molecule is CCc1cc(CCl)cc(N(CCOCCOCCOC)CC(C)(C)SSC)c1.COCCOCCOCCN(CC(C)(C)SSC)c1cc(CCl)cc(COc2cc3c(cc2OC)C(=O)N2c4ccccc4C[C@H]2C=N3)c1.COc1cc2c(cc1O)N=C[C@@H]1Cc3ccccc3N1C2=O. The number of hydrogen-bond donors (Lipinski definition) is 1. The maximum atomic E-state index is 13.8.